The van der Waals surface area contributed by atoms with Gasteiger partial charge >= 0.3 is 0 Å². The molecule has 1 aliphatic carbocycles. The Bertz CT molecular complexity index is 538. The van der Waals surface area contributed by atoms with Gasteiger partial charge in [-0.3, -0.25) is 14.9 Å². The molecular formula is C13H15BrN2O4. The minimum Gasteiger partial charge on any atom is -0.496 e. The molecule has 1 aliphatic rings. The zero-order chi connectivity index (χ0) is 14.8. The molecule has 1 amide bonds. The standard InChI is InChI=1S/C13H15BrN2O4/c1-20-11-7-9(16(18)19)3-4-10(11)12(17)15-13(8-14)5-2-6-13/h3-4,7H,2,5-6,8H2,1H3,(H,15,17). The first-order chi connectivity index (χ1) is 9.51. The Balaban J connectivity index is 2.23. The van der Waals surface area contributed by atoms with E-state index in [1.54, 1.807) is 0 Å². The van der Waals surface area contributed by atoms with Crippen molar-refractivity contribution in [1.29, 1.82) is 0 Å². The topological polar surface area (TPSA) is 81.5 Å². The molecule has 1 fully saturated rings. The van der Waals surface area contributed by atoms with E-state index in [9.17, 15) is 14.9 Å². The van der Waals surface area contributed by atoms with E-state index in [-0.39, 0.29) is 22.9 Å². The van der Waals surface area contributed by atoms with Gasteiger partial charge < -0.3 is 10.1 Å². The summed E-state index contributed by atoms with van der Waals surface area (Å²) < 4.78 is 5.08. The summed E-state index contributed by atoms with van der Waals surface area (Å²) in [6, 6.07) is 3.99. The highest BCUT2D eigenvalue weighted by atomic mass is 79.9. The van der Waals surface area contributed by atoms with Crippen LogP contribution in [0.3, 0.4) is 0 Å². The first kappa shape index (κ1) is 14.8. The molecule has 1 saturated carbocycles. The molecule has 1 N–H and O–H groups in total. The van der Waals surface area contributed by atoms with Crippen molar-refractivity contribution < 1.29 is 14.5 Å². The molecule has 0 aliphatic heterocycles. The summed E-state index contributed by atoms with van der Waals surface area (Å²) in [5, 5.41) is 14.4. The number of carbonyl (C=O) groups is 1. The summed E-state index contributed by atoms with van der Waals surface area (Å²) >= 11 is 3.42. The third-order valence-electron chi connectivity index (χ3n) is 3.59. The second kappa shape index (κ2) is 5.78. The molecule has 0 saturated heterocycles. The second-order valence-electron chi connectivity index (χ2n) is 4.86. The van der Waals surface area contributed by atoms with E-state index >= 15 is 0 Å². The van der Waals surface area contributed by atoms with Gasteiger partial charge in [-0.1, -0.05) is 15.9 Å². The maximum Gasteiger partial charge on any atom is 0.273 e. The minimum absolute atomic E-state index is 0.0998. The van der Waals surface area contributed by atoms with E-state index in [0.717, 1.165) is 19.3 Å². The van der Waals surface area contributed by atoms with Gasteiger partial charge in [-0.25, -0.2) is 0 Å². The predicted octanol–water partition coefficient (Wildman–Crippen LogP) is 2.65. The Morgan fingerprint density at radius 3 is 2.70 bits per heavy atom. The van der Waals surface area contributed by atoms with Crippen molar-refractivity contribution in [2.75, 3.05) is 12.4 Å². The van der Waals surface area contributed by atoms with Crippen molar-refractivity contribution >= 4 is 27.5 Å². The van der Waals surface area contributed by atoms with E-state index < -0.39 is 4.92 Å². The molecule has 6 nitrogen and oxygen atoms in total. The number of nitro groups is 1. The van der Waals surface area contributed by atoms with Gasteiger partial charge in [-0.15, -0.1) is 0 Å². The van der Waals surface area contributed by atoms with Gasteiger partial charge in [0, 0.05) is 11.4 Å². The lowest BCUT2D eigenvalue weighted by atomic mass is 9.78. The van der Waals surface area contributed by atoms with E-state index in [1.165, 1.54) is 25.3 Å². The van der Waals surface area contributed by atoms with Gasteiger partial charge in [0.05, 0.1) is 29.2 Å². The molecule has 0 atom stereocenters. The minimum atomic E-state index is -0.518. The molecule has 0 spiro atoms. The Morgan fingerprint density at radius 1 is 1.55 bits per heavy atom. The van der Waals surface area contributed by atoms with Gasteiger partial charge in [-0.2, -0.15) is 0 Å². The molecule has 1 aromatic carbocycles. The van der Waals surface area contributed by atoms with Gasteiger partial charge in [0.25, 0.3) is 11.6 Å². The number of halogens is 1. The number of nitro benzene ring substituents is 1. The third kappa shape index (κ3) is 2.77. The monoisotopic (exact) mass is 342 g/mol. The fourth-order valence-electron chi connectivity index (χ4n) is 2.18. The Labute approximate surface area is 124 Å². The van der Waals surface area contributed by atoms with Crippen LogP contribution < -0.4 is 10.1 Å². The lowest BCUT2D eigenvalue weighted by Gasteiger charge is -2.41. The fourth-order valence-corrected chi connectivity index (χ4v) is 2.89. The normalized spacial score (nSPS) is 16.1. The first-order valence-corrected chi connectivity index (χ1v) is 7.34. The van der Waals surface area contributed by atoms with Crippen LogP contribution in [0.4, 0.5) is 5.69 Å². The molecule has 2 rings (SSSR count). The van der Waals surface area contributed by atoms with Gasteiger partial charge in [0.1, 0.15) is 5.75 Å². The highest BCUT2D eigenvalue weighted by Gasteiger charge is 2.37. The summed E-state index contributed by atoms with van der Waals surface area (Å²) in [7, 11) is 1.39. The maximum absolute atomic E-state index is 12.3. The molecule has 0 radical (unpaired) electrons. The van der Waals surface area contributed by atoms with E-state index in [0.29, 0.717) is 10.9 Å². The number of ether oxygens (including phenoxy) is 1. The predicted molar refractivity (Wildman–Crippen MR) is 77.5 cm³/mol. The van der Waals surface area contributed by atoms with Crippen molar-refractivity contribution in [3.05, 3.63) is 33.9 Å². The summed E-state index contributed by atoms with van der Waals surface area (Å²) in [4.78, 5) is 22.5. The van der Waals surface area contributed by atoms with Crippen molar-refractivity contribution in [3.8, 4) is 5.75 Å². The number of hydrogen-bond acceptors (Lipinski definition) is 4. The van der Waals surface area contributed by atoms with Crippen molar-refractivity contribution in [2.45, 2.75) is 24.8 Å². The maximum atomic E-state index is 12.3. The third-order valence-corrected chi connectivity index (χ3v) is 4.66. The Hall–Kier alpha value is -1.63. The smallest absolute Gasteiger partial charge is 0.273 e. The number of alkyl halides is 1. The van der Waals surface area contributed by atoms with E-state index in [2.05, 4.69) is 21.2 Å². The van der Waals surface area contributed by atoms with Crippen molar-refractivity contribution in [2.24, 2.45) is 0 Å². The fraction of sp³-hybridized carbons (Fsp3) is 0.462. The number of benzene rings is 1. The summed E-state index contributed by atoms with van der Waals surface area (Å²) in [6.07, 6.45) is 2.95. The molecule has 0 bridgehead atoms. The SMILES string of the molecule is COc1cc([N+](=O)[O-])ccc1C(=O)NC1(CBr)CCC1. The number of non-ortho nitro benzene ring substituents is 1. The number of rotatable bonds is 5. The van der Waals surface area contributed by atoms with Crippen LogP contribution >= 0.6 is 15.9 Å². The Kier molecular flexibility index (Phi) is 4.27. The van der Waals surface area contributed by atoms with E-state index in [4.69, 9.17) is 4.74 Å². The second-order valence-corrected chi connectivity index (χ2v) is 5.42. The summed E-state index contributed by atoms with van der Waals surface area (Å²) in [5.74, 6) is -0.0587. The number of nitrogens with one attached hydrogen (secondary N) is 1. The van der Waals surface area contributed by atoms with Gasteiger partial charge in [0.15, 0.2) is 0 Å². The number of amides is 1. The number of nitrogens with zero attached hydrogens (tertiary/aromatic N) is 1. The van der Waals surface area contributed by atoms with Crippen LogP contribution in [0.15, 0.2) is 18.2 Å². The van der Waals surface area contributed by atoms with E-state index in [1.807, 2.05) is 0 Å². The van der Waals surface area contributed by atoms with Crippen LogP contribution in [0.5, 0.6) is 5.75 Å². The quantitative estimate of drug-likeness (QED) is 0.506. The average molecular weight is 343 g/mol. The zero-order valence-electron chi connectivity index (χ0n) is 11.0. The lowest BCUT2D eigenvalue weighted by molar-refractivity contribution is -0.384. The first-order valence-electron chi connectivity index (χ1n) is 6.22. The highest BCUT2D eigenvalue weighted by molar-refractivity contribution is 9.09. The molecular weight excluding hydrogens is 328 g/mol. The van der Waals surface area contributed by atoms with Crippen molar-refractivity contribution in [1.82, 2.24) is 5.32 Å². The lowest BCUT2D eigenvalue weighted by Crippen LogP contribution is -2.54. The molecule has 20 heavy (non-hydrogen) atoms. The number of carbonyl (C=O) groups excluding carboxylic acids is 1. The molecule has 1 aromatic rings. The summed E-state index contributed by atoms with van der Waals surface area (Å²) in [6.45, 7) is 0. The molecule has 0 heterocycles. The van der Waals surface area contributed by atoms with Crippen LogP contribution in [0.2, 0.25) is 0 Å². The van der Waals surface area contributed by atoms with Crippen LogP contribution in [-0.4, -0.2) is 28.8 Å². The molecule has 0 aromatic heterocycles. The average Bonchev–Trinajstić information content (AvgIpc) is 2.41. The largest absolute Gasteiger partial charge is 0.496 e. The summed E-state index contributed by atoms with van der Waals surface area (Å²) in [5.41, 5.74) is 0.00622. The van der Waals surface area contributed by atoms with Gasteiger partial charge in [0.2, 0.25) is 0 Å². The van der Waals surface area contributed by atoms with Crippen molar-refractivity contribution in [3.63, 3.8) is 0 Å². The number of methoxy groups -OCH3 is 1. The van der Waals surface area contributed by atoms with Crippen LogP contribution in [0, 0.1) is 10.1 Å². The molecule has 0 unspecified atom stereocenters. The van der Waals surface area contributed by atoms with Crippen LogP contribution in [0.25, 0.3) is 0 Å². The molecule has 108 valence electrons. The Morgan fingerprint density at radius 2 is 2.25 bits per heavy atom. The van der Waals surface area contributed by atoms with Gasteiger partial charge in [-0.05, 0) is 25.3 Å². The van der Waals surface area contributed by atoms with Crippen LogP contribution in [-0.2, 0) is 0 Å². The molecule has 7 heteroatoms. The zero-order valence-corrected chi connectivity index (χ0v) is 12.6. The van der Waals surface area contributed by atoms with Crippen LogP contribution in [0.1, 0.15) is 29.6 Å². The highest BCUT2D eigenvalue weighted by Crippen LogP contribution is 2.34. The number of hydrogen-bond donors (Lipinski definition) is 1.